The minimum atomic E-state index is -0.670. The SMILES string of the molecule is CC(C)(C)SN[C@H](CC=O)CCC1(c2ccccc2)OCCO1. The Balaban J connectivity index is 2.00. The summed E-state index contributed by atoms with van der Waals surface area (Å²) in [6, 6.07) is 10.2. The fraction of sp³-hybridized carbons (Fsp3) is 0.611. The molecule has 0 amide bonds. The van der Waals surface area contributed by atoms with Crippen LogP contribution in [0, 0.1) is 0 Å². The molecule has 5 heteroatoms. The van der Waals surface area contributed by atoms with E-state index in [0.717, 1.165) is 24.7 Å². The molecule has 1 heterocycles. The van der Waals surface area contributed by atoms with Gasteiger partial charge in [-0.05, 0) is 27.2 Å². The normalized spacial score (nSPS) is 18.7. The van der Waals surface area contributed by atoms with Crippen molar-refractivity contribution in [1.82, 2.24) is 4.72 Å². The highest BCUT2D eigenvalue weighted by Gasteiger charge is 2.38. The maximum Gasteiger partial charge on any atom is 0.195 e. The molecule has 1 aromatic rings. The highest BCUT2D eigenvalue weighted by molar-refractivity contribution is 7.98. The van der Waals surface area contributed by atoms with Crippen LogP contribution in [0.25, 0.3) is 0 Å². The molecule has 0 unspecified atom stereocenters. The standard InChI is InChI=1S/C18H27NO3S/c1-17(2,3)23-19-16(10-12-20)9-11-18(21-13-14-22-18)15-7-5-4-6-8-15/h4-8,12,16,19H,9-11,13-14H2,1-3H3/t16-/m0/s1. The third kappa shape index (κ3) is 5.60. The van der Waals surface area contributed by atoms with Crippen LogP contribution in [-0.4, -0.2) is 30.3 Å². The fourth-order valence-corrected chi connectivity index (χ4v) is 3.30. The van der Waals surface area contributed by atoms with E-state index in [9.17, 15) is 4.79 Å². The fourth-order valence-electron chi connectivity index (χ4n) is 2.57. The van der Waals surface area contributed by atoms with Crippen molar-refractivity contribution in [2.45, 2.75) is 56.6 Å². The average Bonchev–Trinajstić information content (AvgIpc) is 3.00. The molecule has 0 spiro atoms. The summed E-state index contributed by atoms with van der Waals surface area (Å²) in [7, 11) is 0. The predicted octanol–water partition coefficient (Wildman–Crippen LogP) is 3.66. The van der Waals surface area contributed by atoms with E-state index in [2.05, 4.69) is 25.5 Å². The molecule has 0 saturated carbocycles. The lowest BCUT2D eigenvalue weighted by Crippen LogP contribution is -2.33. The van der Waals surface area contributed by atoms with Crippen LogP contribution >= 0.6 is 11.9 Å². The smallest absolute Gasteiger partial charge is 0.195 e. The minimum absolute atomic E-state index is 0.110. The topological polar surface area (TPSA) is 47.6 Å². The Morgan fingerprint density at radius 1 is 1.26 bits per heavy atom. The second-order valence-corrected chi connectivity index (χ2v) is 8.45. The maximum absolute atomic E-state index is 11.0. The van der Waals surface area contributed by atoms with Gasteiger partial charge in [0, 0.05) is 29.2 Å². The van der Waals surface area contributed by atoms with E-state index in [-0.39, 0.29) is 10.8 Å². The predicted molar refractivity (Wildman–Crippen MR) is 94.2 cm³/mol. The van der Waals surface area contributed by atoms with Crippen LogP contribution in [0.4, 0.5) is 0 Å². The van der Waals surface area contributed by atoms with E-state index in [0.29, 0.717) is 19.6 Å². The van der Waals surface area contributed by atoms with Gasteiger partial charge in [0.2, 0.25) is 0 Å². The van der Waals surface area contributed by atoms with Gasteiger partial charge in [-0.1, -0.05) is 42.3 Å². The number of nitrogens with one attached hydrogen (secondary N) is 1. The number of benzene rings is 1. The van der Waals surface area contributed by atoms with Crippen molar-refractivity contribution >= 4 is 18.2 Å². The first-order chi connectivity index (χ1) is 11.0. The molecule has 23 heavy (non-hydrogen) atoms. The Hall–Kier alpha value is -0.880. The molecular formula is C18H27NO3S. The van der Waals surface area contributed by atoms with Gasteiger partial charge in [0.1, 0.15) is 6.29 Å². The van der Waals surface area contributed by atoms with E-state index < -0.39 is 5.79 Å². The van der Waals surface area contributed by atoms with Crippen molar-refractivity contribution in [3.8, 4) is 0 Å². The Morgan fingerprint density at radius 3 is 2.48 bits per heavy atom. The third-order valence-electron chi connectivity index (χ3n) is 3.70. The number of aldehydes is 1. The van der Waals surface area contributed by atoms with Crippen molar-refractivity contribution in [2.24, 2.45) is 0 Å². The van der Waals surface area contributed by atoms with Gasteiger partial charge in [0.05, 0.1) is 13.2 Å². The summed E-state index contributed by atoms with van der Waals surface area (Å²) < 4.78 is 15.4. The van der Waals surface area contributed by atoms with E-state index in [1.54, 1.807) is 11.9 Å². The first kappa shape index (κ1) is 18.5. The lowest BCUT2D eigenvalue weighted by Gasteiger charge is -2.30. The molecule has 1 saturated heterocycles. The molecule has 0 aliphatic carbocycles. The number of ether oxygens (including phenoxy) is 2. The van der Waals surface area contributed by atoms with Crippen molar-refractivity contribution in [3.63, 3.8) is 0 Å². The molecule has 1 N–H and O–H groups in total. The van der Waals surface area contributed by atoms with Crippen molar-refractivity contribution in [2.75, 3.05) is 13.2 Å². The van der Waals surface area contributed by atoms with Gasteiger partial charge in [-0.25, -0.2) is 0 Å². The van der Waals surface area contributed by atoms with E-state index in [1.165, 1.54) is 0 Å². The van der Waals surface area contributed by atoms with Gasteiger partial charge in [0.25, 0.3) is 0 Å². The molecular weight excluding hydrogens is 310 g/mol. The van der Waals surface area contributed by atoms with Gasteiger partial charge in [-0.15, -0.1) is 0 Å². The van der Waals surface area contributed by atoms with Gasteiger partial charge >= 0.3 is 0 Å². The molecule has 0 radical (unpaired) electrons. The summed E-state index contributed by atoms with van der Waals surface area (Å²) in [4.78, 5) is 11.0. The monoisotopic (exact) mass is 337 g/mol. The molecule has 1 aliphatic rings. The van der Waals surface area contributed by atoms with Crippen LogP contribution in [0.2, 0.25) is 0 Å². The highest BCUT2D eigenvalue weighted by Crippen LogP contribution is 2.36. The number of carbonyl (C=O) groups is 1. The molecule has 128 valence electrons. The average molecular weight is 337 g/mol. The molecule has 2 rings (SSSR count). The molecule has 0 aromatic heterocycles. The number of hydrogen-bond acceptors (Lipinski definition) is 5. The highest BCUT2D eigenvalue weighted by atomic mass is 32.2. The van der Waals surface area contributed by atoms with Crippen LogP contribution in [0.15, 0.2) is 30.3 Å². The van der Waals surface area contributed by atoms with E-state index >= 15 is 0 Å². The van der Waals surface area contributed by atoms with Gasteiger partial charge in [0.15, 0.2) is 5.79 Å². The lowest BCUT2D eigenvalue weighted by molar-refractivity contribution is -0.172. The molecule has 1 fully saturated rings. The largest absolute Gasteiger partial charge is 0.343 e. The van der Waals surface area contributed by atoms with Crippen LogP contribution in [0.5, 0.6) is 0 Å². The lowest BCUT2D eigenvalue weighted by atomic mass is 9.97. The van der Waals surface area contributed by atoms with E-state index in [4.69, 9.17) is 9.47 Å². The summed E-state index contributed by atoms with van der Waals surface area (Å²) in [6.45, 7) is 7.67. The summed E-state index contributed by atoms with van der Waals surface area (Å²) >= 11 is 1.67. The first-order valence-electron chi connectivity index (χ1n) is 8.16. The molecule has 4 nitrogen and oxygen atoms in total. The molecule has 0 bridgehead atoms. The second kappa shape index (κ2) is 8.29. The third-order valence-corrected chi connectivity index (χ3v) is 4.77. The van der Waals surface area contributed by atoms with Gasteiger partial charge < -0.3 is 14.3 Å². The molecule has 1 aromatic carbocycles. The van der Waals surface area contributed by atoms with Crippen LogP contribution < -0.4 is 4.72 Å². The first-order valence-corrected chi connectivity index (χ1v) is 8.97. The maximum atomic E-state index is 11.0. The summed E-state index contributed by atoms with van der Waals surface area (Å²) in [5, 5.41) is 0. The quantitative estimate of drug-likeness (QED) is 0.579. The molecule has 1 aliphatic heterocycles. The van der Waals surface area contributed by atoms with Crippen LogP contribution in [-0.2, 0) is 20.1 Å². The van der Waals surface area contributed by atoms with E-state index in [1.807, 2.05) is 30.3 Å². The van der Waals surface area contributed by atoms with Crippen molar-refractivity contribution in [1.29, 1.82) is 0 Å². The van der Waals surface area contributed by atoms with Crippen LogP contribution in [0.1, 0.15) is 45.6 Å². The van der Waals surface area contributed by atoms with Crippen molar-refractivity contribution in [3.05, 3.63) is 35.9 Å². The Labute approximate surface area is 143 Å². The summed E-state index contributed by atoms with van der Waals surface area (Å²) in [6.07, 6.45) is 3.02. The Kier molecular flexibility index (Phi) is 6.65. The Bertz CT molecular complexity index is 481. The number of hydrogen-bond donors (Lipinski definition) is 1. The van der Waals surface area contributed by atoms with Gasteiger partial charge in [-0.2, -0.15) is 0 Å². The summed E-state index contributed by atoms with van der Waals surface area (Å²) in [5.41, 5.74) is 1.05. The zero-order chi connectivity index (χ0) is 16.8. The zero-order valence-corrected chi connectivity index (χ0v) is 15.0. The van der Waals surface area contributed by atoms with Gasteiger partial charge in [-0.3, -0.25) is 4.72 Å². The number of rotatable bonds is 8. The minimum Gasteiger partial charge on any atom is -0.343 e. The van der Waals surface area contributed by atoms with Crippen molar-refractivity contribution < 1.29 is 14.3 Å². The zero-order valence-electron chi connectivity index (χ0n) is 14.2. The van der Waals surface area contributed by atoms with Crippen LogP contribution in [0.3, 0.4) is 0 Å². The summed E-state index contributed by atoms with van der Waals surface area (Å²) in [5.74, 6) is -0.670. The number of carbonyl (C=O) groups excluding carboxylic acids is 1. The second-order valence-electron chi connectivity index (χ2n) is 6.79. The Morgan fingerprint density at radius 2 is 1.91 bits per heavy atom. The molecule has 1 atom stereocenters.